The van der Waals surface area contributed by atoms with Gasteiger partial charge in [-0.3, -0.25) is 0 Å². The molecule has 1 heterocycles. The number of methoxy groups -OCH3 is 1. The van der Waals surface area contributed by atoms with Gasteiger partial charge in [0.2, 0.25) is 5.88 Å². The molecule has 0 aliphatic carbocycles. The zero-order valence-corrected chi connectivity index (χ0v) is 9.48. The first kappa shape index (κ1) is 11.5. The molecule has 0 radical (unpaired) electrons. The predicted octanol–water partition coefficient (Wildman–Crippen LogP) is 2.36. The normalized spacial score (nSPS) is 10.3. The lowest BCUT2D eigenvalue weighted by Gasteiger charge is -2.06. The first-order chi connectivity index (χ1) is 8.24. The van der Waals surface area contributed by atoms with E-state index in [0.717, 1.165) is 11.1 Å². The highest BCUT2D eigenvalue weighted by atomic mass is 19.1. The summed E-state index contributed by atoms with van der Waals surface area (Å²) in [5, 5.41) is 0. The molecule has 4 heteroatoms. The fraction of sp³-hybridized carbons (Fsp3) is 0.154. The molecule has 0 amide bonds. The second kappa shape index (κ2) is 4.93. The molecule has 88 valence electrons. The minimum absolute atomic E-state index is 0.200. The van der Waals surface area contributed by atoms with Gasteiger partial charge in [0, 0.05) is 24.4 Å². The molecule has 2 rings (SSSR count). The summed E-state index contributed by atoms with van der Waals surface area (Å²) in [7, 11) is 1.55. The Labute approximate surface area is 99.1 Å². The minimum atomic E-state index is -0.291. The zero-order chi connectivity index (χ0) is 12.3. The molecule has 17 heavy (non-hydrogen) atoms. The topological polar surface area (TPSA) is 48.1 Å². The highest BCUT2D eigenvalue weighted by molar-refractivity contribution is 5.64. The molecule has 2 aromatic rings. The molecule has 3 nitrogen and oxygen atoms in total. The van der Waals surface area contributed by atoms with E-state index in [1.54, 1.807) is 31.5 Å². The van der Waals surface area contributed by atoms with Gasteiger partial charge in [0.1, 0.15) is 5.82 Å². The SMILES string of the molecule is COc1cc(-c2ccc(CN)c(F)c2)ccn1. The molecule has 0 aliphatic heterocycles. The molecule has 0 fully saturated rings. The molecule has 0 spiro atoms. The van der Waals surface area contributed by atoms with Crippen LogP contribution in [-0.2, 0) is 6.54 Å². The summed E-state index contributed by atoms with van der Waals surface area (Å²) in [6, 6.07) is 8.56. The van der Waals surface area contributed by atoms with Crippen molar-refractivity contribution in [3.8, 4) is 17.0 Å². The summed E-state index contributed by atoms with van der Waals surface area (Å²) >= 11 is 0. The molecule has 0 unspecified atom stereocenters. The Balaban J connectivity index is 2.42. The van der Waals surface area contributed by atoms with Crippen LogP contribution in [0, 0.1) is 5.82 Å². The number of halogens is 1. The van der Waals surface area contributed by atoms with Gasteiger partial charge in [-0.15, -0.1) is 0 Å². The van der Waals surface area contributed by atoms with Gasteiger partial charge in [0.05, 0.1) is 7.11 Å². The fourth-order valence-electron chi connectivity index (χ4n) is 1.59. The van der Waals surface area contributed by atoms with Crippen molar-refractivity contribution in [2.24, 2.45) is 5.73 Å². The summed E-state index contributed by atoms with van der Waals surface area (Å²) in [6.07, 6.45) is 1.63. The van der Waals surface area contributed by atoms with Gasteiger partial charge in [0.15, 0.2) is 0 Å². The lowest BCUT2D eigenvalue weighted by molar-refractivity contribution is 0.398. The first-order valence-corrected chi connectivity index (χ1v) is 5.23. The van der Waals surface area contributed by atoms with Crippen molar-refractivity contribution in [3.05, 3.63) is 47.9 Å². The molecular formula is C13H13FN2O. The van der Waals surface area contributed by atoms with E-state index >= 15 is 0 Å². The minimum Gasteiger partial charge on any atom is -0.481 e. The maximum absolute atomic E-state index is 13.6. The van der Waals surface area contributed by atoms with Crippen LogP contribution in [0.25, 0.3) is 11.1 Å². The van der Waals surface area contributed by atoms with E-state index in [4.69, 9.17) is 10.5 Å². The molecule has 0 atom stereocenters. The molecule has 1 aromatic carbocycles. The fourth-order valence-corrected chi connectivity index (χ4v) is 1.59. The van der Waals surface area contributed by atoms with Crippen LogP contribution in [0.5, 0.6) is 5.88 Å². The van der Waals surface area contributed by atoms with Crippen LogP contribution in [0.3, 0.4) is 0 Å². The zero-order valence-electron chi connectivity index (χ0n) is 9.48. The predicted molar refractivity (Wildman–Crippen MR) is 64.1 cm³/mol. The molecule has 1 aromatic heterocycles. The molecule has 0 bridgehead atoms. The average Bonchev–Trinajstić information content (AvgIpc) is 2.38. The summed E-state index contributed by atoms with van der Waals surface area (Å²) in [5.74, 6) is 0.214. The van der Waals surface area contributed by atoms with Crippen LogP contribution in [0.1, 0.15) is 5.56 Å². The van der Waals surface area contributed by atoms with Gasteiger partial charge in [-0.1, -0.05) is 12.1 Å². The van der Waals surface area contributed by atoms with E-state index < -0.39 is 0 Å². The summed E-state index contributed by atoms with van der Waals surface area (Å²) in [5.41, 5.74) is 7.56. The van der Waals surface area contributed by atoms with E-state index in [-0.39, 0.29) is 12.4 Å². The number of nitrogens with zero attached hydrogens (tertiary/aromatic N) is 1. The van der Waals surface area contributed by atoms with Crippen LogP contribution >= 0.6 is 0 Å². The molecule has 0 saturated heterocycles. The standard InChI is InChI=1S/C13H13FN2O/c1-17-13-7-10(4-5-16-13)9-2-3-11(8-15)12(14)6-9/h2-7H,8,15H2,1H3. The third-order valence-corrected chi connectivity index (χ3v) is 2.55. The van der Waals surface area contributed by atoms with Crippen molar-refractivity contribution < 1.29 is 9.13 Å². The molecule has 2 N–H and O–H groups in total. The van der Waals surface area contributed by atoms with E-state index in [0.29, 0.717) is 11.4 Å². The van der Waals surface area contributed by atoms with Gasteiger partial charge in [-0.25, -0.2) is 9.37 Å². The van der Waals surface area contributed by atoms with Crippen molar-refractivity contribution in [2.45, 2.75) is 6.54 Å². The second-order valence-corrected chi connectivity index (χ2v) is 3.60. The van der Waals surface area contributed by atoms with E-state index in [1.165, 1.54) is 6.07 Å². The van der Waals surface area contributed by atoms with Gasteiger partial charge < -0.3 is 10.5 Å². The molecule has 0 saturated carbocycles. The van der Waals surface area contributed by atoms with Crippen LogP contribution in [0.15, 0.2) is 36.5 Å². The van der Waals surface area contributed by atoms with Gasteiger partial charge in [-0.2, -0.15) is 0 Å². The number of benzene rings is 1. The highest BCUT2D eigenvalue weighted by Gasteiger charge is 2.05. The van der Waals surface area contributed by atoms with Crippen LogP contribution in [-0.4, -0.2) is 12.1 Å². The Morgan fingerprint density at radius 1 is 1.24 bits per heavy atom. The van der Waals surface area contributed by atoms with E-state index in [1.807, 2.05) is 6.07 Å². The monoisotopic (exact) mass is 232 g/mol. The van der Waals surface area contributed by atoms with Crippen molar-refractivity contribution in [1.82, 2.24) is 4.98 Å². The maximum Gasteiger partial charge on any atom is 0.213 e. The smallest absolute Gasteiger partial charge is 0.213 e. The van der Waals surface area contributed by atoms with Crippen LogP contribution in [0.2, 0.25) is 0 Å². The van der Waals surface area contributed by atoms with E-state index in [9.17, 15) is 4.39 Å². The lowest BCUT2D eigenvalue weighted by atomic mass is 10.0. The van der Waals surface area contributed by atoms with Crippen molar-refractivity contribution in [1.29, 1.82) is 0 Å². The van der Waals surface area contributed by atoms with Crippen molar-refractivity contribution in [2.75, 3.05) is 7.11 Å². The van der Waals surface area contributed by atoms with Crippen molar-refractivity contribution in [3.63, 3.8) is 0 Å². The van der Waals surface area contributed by atoms with Gasteiger partial charge >= 0.3 is 0 Å². The third kappa shape index (κ3) is 2.42. The van der Waals surface area contributed by atoms with E-state index in [2.05, 4.69) is 4.98 Å². The maximum atomic E-state index is 13.6. The number of hydrogen-bond donors (Lipinski definition) is 1. The summed E-state index contributed by atoms with van der Waals surface area (Å²) in [6.45, 7) is 0.200. The number of rotatable bonds is 3. The Kier molecular flexibility index (Phi) is 3.35. The third-order valence-electron chi connectivity index (χ3n) is 2.55. The Morgan fingerprint density at radius 3 is 2.65 bits per heavy atom. The Bertz CT molecular complexity index is 529. The quantitative estimate of drug-likeness (QED) is 0.883. The number of pyridine rings is 1. The second-order valence-electron chi connectivity index (χ2n) is 3.60. The highest BCUT2D eigenvalue weighted by Crippen LogP contribution is 2.23. The largest absolute Gasteiger partial charge is 0.481 e. The van der Waals surface area contributed by atoms with Gasteiger partial charge in [0.25, 0.3) is 0 Å². The summed E-state index contributed by atoms with van der Waals surface area (Å²) in [4.78, 5) is 4.00. The lowest BCUT2D eigenvalue weighted by Crippen LogP contribution is -1.99. The number of ether oxygens (including phenoxy) is 1. The average molecular weight is 232 g/mol. The van der Waals surface area contributed by atoms with Crippen molar-refractivity contribution >= 4 is 0 Å². The van der Waals surface area contributed by atoms with Gasteiger partial charge in [-0.05, 0) is 23.3 Å². The number of hydrogen-bond acceptors (Lipinski definition) is 3. The first-order valence-electron chi connectivity index (χ1n) is 5.23. The molecule has 0 aliphatic rings. The Hall–Kier alpha value is -1.94. The molecular weight excluding hydrogens is 219 g/mol. The van der Waals surface area contributed by atoms with Crippen LogP contribution in [0.4, 0.5) is 4.39 Å². The van der Waals surface area contributed by atoms with Crippen LogP contribution < -0.4 is 10.5 Å². The Morgan fingerprint density at radius 2 is 2.00 bits per heavy atom. The summed E-state index contributed by atoms with van der Waals surface area (Å²) < 4.78 is 18.6. The number of aromatic nitrogens is 1. The number of nitrogens with two attached hydrogens (primary N) is 1.